The minimum Gasteiger partial charge on any atom is -0.480 e. The van der Waals surface area contributed by atoms with Crippen LogP contribution in [-0.2, 0) is 0 Å². The first-order chi connectivity index (χ1) is 6.77. The van der Waals surface area contributed by atoms with E-state index in [2.05, 4.69) is 15.8 Å². The van der Waals surface area contributed by atoms with E-state index in [0.717, 1.165) is 4.88 Å². The second-order valence-electron chi connectivity index (χ2n) is 2.86. The number of methoxy groups -OCH3 is 1. The average Bonchev–Trinajstić information content (AvgIpc) is 2.66. The summed E-state index contributed by atoms with van der Waals surface area (Å²) < 4.78 is 9.09. The Hall–Kier alpha value is -1.12. The molecule has 1 N–H and O–H groups in total. The lowest BCUT2D eigenvalue weighted by molar-refractivity contribution is 0.402. The van der Waals surface area contributed by atoms with E-state index < -0.39 is 0 Å². The van der Waals surface area contributed by atoms with Crippen LogP contribution in [0.1, 0.15) is 24.3 Å². The third kappa shape index (κ3) is 2.98. The van der Waals surface area contributed by atoms with Gasteiger partial charge in [0, 0.05) is 30.0 Å². The number of aromatic nitrogens is 1. The van der Waals surface area contributed by atoms with E-state index in [1.807, 2.05) is 13.0 Å². The average molecular weight is 211 g/mol. The highest BCUT2D eigenvalue weighted by Crippen LogP contribution is 2.22. The number of ether oxygens (including phenoxy) is 1. The molecule has 14 heavy (non-hydrogen) atoms. The number of hydrogen-bond donors (Lipinski definition) is 1. The summed E-state index contributed by atoms with van der Waals surface area (Å²) in [4.78, 5) is 1.12. The van der Waals surface area contributed by atoms with Gasteiger partial charge in [0.2, 0.25) is 5.88 Å². The fourth-order valence-corrected chi connectivity index (χ4v) is 1.74. The van der Waals surface area contributed by atoms with Crippen molar-refractivity contribution in [1.29, 1.82) is 5.26 Å². The molecule has 0 bridgehead atoms. The van der Waals surface area contributed by atoms with Gasteiger partial charge >= 0.3 is 0 Å². The topological polar surface area (TPSA) is 57.9 Å². The van der Waals surface area contributed by atoms with Gasteiger partial charge in [-0.3, -0.25) is 0 Å². The van der Waals surface area contributed by atoms with Crippen LogP contribution in [0.2, 0.25) is 0 Å². The van der Waals surface area contributed by atoms with Crippen molar-refractivity contribution in [3.05, 3.63) is 10.9 Å². The van der Waals surface area contributed by atoms with Gasteiger partial charge in [0.25, 0.3) is 0 Å². The summed E-state index contributed by atoms with van der Waals surface area (Å²) >= 11 is 1.42. The van der Waals surface area contributed by atoms with E-state index in [-0.39, 0.29) is 6.04 Å². The summed E-state index contributed by atoms with van der Waals surface area (Å²) in [5.74, 6) is 0.652. The number of rotatable bonds is 5. The fraction of sp³-hybridized carbons (Fsp3) is 0.556. The van der Waals surface area contributed by atoms with E-state index in [0.29, 0.717) is 18.8 Å². The van der Waals surface area contributed by atoms with Crippen molar-refractivity contribution in [1.82, 2.24) is 9.69 Å². The minimum atomic E-state index is 0.227. The molecule has 5 heteroatoms. The number of nitriles is 1. The van der Waals surface area contributed by atoms with Crippen LogP contribution < -0.4 is 10.1 Å². The summed E-state index contributed by atoms with van der Waals surface area (Å²) in [6, 6.07) is 4.23. The molecule has 0 amide bonds. The van der Waals surface area contributed by atoms with Crippen molar-refractivity contribution in [2.75, 3.05) is 13.7 Å². The molecule has 1 heterocycles. The first-order valence-electron chi connectivity index (χ1n) is 4.39. The molecule has 0 fully saturated rings. The fourth-order valence-electron chi connectivity index (χ4n) is 1.02. The molecule has 4 nitrogen and oxygen atoms in total. The Morgan fingerprint density at radius 2 is 2.57 bits per heavy atom. The smallest absolute Gasteiger partial charge is 0.225 e. The van der Waals surface area contributed by atoms with Crippen LogP contribution >= 0.6 is 11.5 Å². The van der Waals surface area contributed by atoms with Gasteiger partial charge in [-0.25, -0.2) is 0 Å². The zero-order chi connectivity index (χ0) is 10.4. The van der Waals surface area contributed by atoms with Crippen molar-refractivity contribution >= 4 is 11.5 Å². The molecule has 76 valence electrons. The predicted molar refractivity (Wildman–Crippen MR) is 55.3 cm³/mol. The molecule has 0 aliphatic heterocycles. The lowest BCUT2D eigenvalue weighted by atomic mass is 10.2. The molecular formula is C9H13N3OS. The Morgan fingerprint density at radius 3 is 3.14 bits per heavy atom. The van der Waals surface area contributed by atoms with E-state index in [9.17, 15) is 0 Å². The quantitative estimate of drug-likeness (QED) is 0.753. The van der Waals surface area contributed by atoms with Gasteiger partial charge in [0.05, 0.1) is 13.2 Å². The predicted octanol–water partition coefficient (Wildman–Crippen LogP) is 1.72. The molecule has 1 atom stereocenters. The van der Waals surface area contributed by atoms with E-state index in [1.165, 1.54) is 11.5 Å². The highest BCUT2D eigenvalue weighted by molar-refractivity contribution is 7.06. The molecule has 0 radical (unpaired) electrons. The summed E-state index contributed by atoms with van der Waals surface area (Å²) in [6.45, 7) is 2.75. The number of nitrogens with one attached hydrogen (secondary N) is 1. The standard InChI is InChI=1S/C9H13N3OS/c1-7(11-5-3-4-10)8-6-9(13-2)12-14-8/h6-7,11H,3,5H2,1-2H3. The van der Waals surface area contributed by atoms with Crippen molar-refractivity contribution in [2.45, 2.75) is 19.4 Å². The van der Waals surface area contributed by atoms with Gasteiger partial charge < -0.3 is 10.1 Å². The van der Waals surface area contributed by atoms with Crippen molar-refractivity contribution < 1.29 is 4.74 Å². The maximum absolute atomic E-state index is 8.37. The number of nitrogens with zero attached hydrogens (tertiary/aromatic N) is 2. The zero-order valence-corrected chi connectivity index (χ0v) is 9.10. The first kappa shape index (κ1) is 11.0. The molecule has 1 aromatic rings. The van der Waals surface area contributed by atoms with Crippen molar-refractivity contribution in [3.63, 3.8) is 0 Å². The highest BCUT2D eigenvalue weighted by Gasteiger charge is 2.08. The molecule has 0 spiro atoms. The Morgan fingerprint density at radius 1 is 1.79 bits per heavy atom. The van der Waals surface area contributed by atoms with Crippen LogP contribution in [0.4, 0.5) is 0 Å². The van der Waals surface area contributed by atoms with E-state index in [1.54, 1.807) is 7.11 Å². The Kier molecular flexibility index (Phi) is 4.36. The summed E-state index contributed by atoms with van der Waals surface area (Å²) in [5.41, 5.74) is 0. The first-order valence-corrected chi connectivity index (χ1v) is 5.16. The molecule has 0 saturated heterocycles. The van der Waals surface area contributed by atoms with Crippen molar-refractivity contribution in [2.24, 2.45) is 0 Å². The second-order valence-corrected chi connectivity index (χ2v) is 3.69. The van der Waals surface area contributed by atoms with Gasteiger partial charge in [-0.1, -0.05) is 0 Å². The Balaban J connectivity index is 2.44. The normalized spacial score (nSPS) is 12.1. The number of hydrogen-bond acceptors (Lipinski definition) is 5. The van der Waals surface area contributed by atoms with E-state index in [4.69, 9.17) is 10.00 Å². The summed E-state index contributed by atoms with van der Waals surface area (Å²) in [6.07, 6.45) is 0.528. The van der Waals surface area contributed by atoms with Crippen LogP contribution in [0, 0.1) is 11.3 Å². The lowest BCUT2D eigenvalue weighted by Crippen LogP contribution is -2.18. The zero-order valence-electron chi connectivity index (χ0n) is 8.28. The lowest BCUT2D eigenvalue weighted by Gasteiger charge is -2.08. The van der Waals surface area contributed by atoms with Gasteiger partial charge in [-0.05, 0) is 18.5 Å². The van der Waals surface area contributed by atoms with Gasteiger partial charge in [-0.15, -0.1) is 0 Å². The van der Waals surface area contributed by atoms with Gasteiger partial charge in [0.1, 0.15) is 0 Å². The molecule has 0 aliphatic carbocycles. The molecule has 1 rings (SSSR count). The highest BCUT2D eigenvalue weighted by atomic mass is 32.1. The van der Waals surface area contributed by atoms with Crippen molar-refractivity contribution in [3.8, 4) is 11.9 Å². The Labute approximate surface area is 87.7 Å². The monoisotopic (exact) mass is 211 g/mol. The summed E-state index contributed by atoms with van der Waals surface area (Å²) in [5, 5.41) is 11.6. The molecule has 1 aromatic heterocycles. The molecule has 0 aromatic carbocycles. The van der Waals surface area contributed by atoms with Gasteiger partial charge in [0.15, 0.2) is 0 Å². The molecule has 0 aliphatic rings. The van der Waals surface area contributed by atoms with Crippen LogP contribution in [0.15, 0.2) is 6.07 Å². The Bertz CT molecular complexity index is 318. The molecule has 1 unspecified atom stereocenters. The SMILES string of the molecule is COc1cc(C(C)NCCC#N)sn1. The second kappa shape index (κ2) is 5.58. The van der Waals surface area contributed by atoms with Crippen LogP contribution in [0.25, 0.3) is 0 Å². The van der Waals surface area contributed by atoms with Crippen LogP contribution in [0.3, 0.4) is 0 Å². The maximum Gasteiger partial charge on any atom is 0.225 e. The summed E-state index contributed by atoms with van der Waals surface area (Å²) in [7, 11) is 1.60. The minimum absolute atomic E-state index is 0.227. The molecule has 0 saturated carbocycles. The molecular weight excluding hydrogens is 198 g/mol. The van der Waals surface area contributed by atoms with Gasteiger partial charge in [-0.2, -0.15) is 9.64 Å². The van der Waals surface area contributed by atoms with Crippen LogP contribution in [0.5, 0.6) is 5.88 Å². The van der Waals surface area contributed by atoms with Crippen LogP contribution in [-0.4, -0.2) is 18.0 Å². The third-order valence-corrected chi connectivity index (χ3v) is 2.78. The third-order valence-electron chi connectivity index (χ3n) is 1.83. The largest absolute Gasteiger partial charge is 0.480 e. The van der Waals surface area contributed by atoms with E-state index >= 15 is 0 Å². The maximum atomic E-state index is 8.37.